The van der Waals surface area contributed by atoms with Crippen molar-refractivity contribution in [2.75, 3.05) is 6.54 Å². The smallest absolute Gasteiger partial charge is 0.145 e. The average Bonchev–Trinajstić information content (AvgIpc) is 2.81. The Bertz CT molecular complexity index is 542. The van der Waals surface area contributed by atoms with E-state index in [0.29, 0.717) is 23.7 Å². The summed E-state index contributed by atoms with van der Waals surface area (Å²) in [6, 6.07) is 4.45. The standard InChI is InChI=1S/C13H16FN3O2/c1-3-15-7-10-6-11(14)4-5-13(10)18-8-12-9(2)16-19-17-12/h4-6,15H,3,7-8H2,1-2H3. The van der Waals surface area contributed by atoms with Crippen molar-refractivity contribution < 1.29 is 13.8 Å². The van der Waals surface area contributed by atoms with Gasteiger partial charge in [-0.15, -0.1) is 0 Å². The van der Waals surface area contributed by atoms with Crippen LogP contribution in [0.2, 0.25) is 0 Å². The van der Waals surface area contributed by atoms with Crippen molar-refractivity contribution in [3.05, 3.63) is 41.0 Å². The van der Waals surface area contributed by atoms with Gasteiger partial charge in [0.2, 0.25) is 0 Å². The van der Waals surface area contributed by atoms with E-state index in [9.17, 15) is 4.39 Å². The molecule has 0 radical (unpaired) electrons. The molecule has 0 fully saturated rings. The van der Waals surface area contributed by atoms with Crippen molar-refractivity contribution in [3.63, 3.8) is 0 Å². The second-order valence-electron chi connectivity index (χ2n) is 4.12. The van der Waals surface area contributed by atoms with E-state index in [1.165, 1.54) is 12.1 Å². The molecule has 2 rings (SSSR count). The fraction of sp³-hybridized carbons (Fsp3) is 0.385. The SMILES string of the molecule is CCNCc1cc(F)ccc1OCc1nonc1C. The van der Waals surface area contributed by atoms with Gasteiger partial charge in [0, 0.05) is 12.1 Å². The van der Waals surface area contributed by atoms with Crippen molar-refractivity contribution in [1.29, 1.82) is 0 Å². The van der Waals surface area contributed by atoms with Gasteiger partial charge in [-0.2, -0.15) is 0 Å². The van der Waals surface area contributed by atoms with Crippen LogP contribution in [0.3, 0.4) is 0 Å². The lowest BCUT2D eigenvalue weighted by atomic mass is 10.2. The van der Waals surface area contributed by atoms with Crippen molar-refractivity contribution in [1.82, 2.24) is 15.6 Å². The minimum absolute atomic E-state index is 0.250. The lowest BCUT2D eigenvalue weighted by Crippen LogP contribution is -2.13. The predicted octanol–water partition coefficient (Wildman–Crippen LogP) is 2.21. The zero-order valence-corrected chi connectivity index (χ0v) is 10.9. The summed E-state index contributed by atoms with van der Waals surface area (Å²) < 4.78 is 23.5. The zero-order chi connectivity index (χ0) is 13.7. The summed E-state index contributed by atoms with van der Waals surface area (Å²) in [6.45, 7) is 5.39. The highest BCUT2D eigenvalue weighted by Gasteiger charge is 2.09. The molecule has 0 amide bonds. The summed E-state index contributed by atoms with van der Waals surface area (Å²) >= 11 is 0. The van der Waals surface area contributed by atoms with Crippen LogP contribution in [0.5, 0.6) is 5.75 Å². The first-order valence-corrected chi connectivity index (χ1v) is 6.10. The minimum atomic E-state index is -0.278. The van der Waals surface area contributed by atoms with Crippen molar-refractivity contribution in [3.8, 4) is 5.75 Å². The van der Waals surface area contributed by atoms with Crippen LogP contribution in [-0.2, 0) is 13.2 Å². The maximum Gasteiger partial charge on any atom is 0.145 e. The Morgan fingerprint density at radius 3 is 2.89 bits per heavy atom. The van der Waals surface area contributed by atoms with Crippen molar-refractivity contribution in [2.24, 2.45) is 0 Å². The number of nitrogens with zero attached hydrogens (tertiary/aromatic N) is 2. The first-order valence-electron chi connectivity index (χ1n) is 6.10. The number of hydrogen-bond donors (Lipinski definition) is 1. The molecule has 0 bridgehead atoms. The predicted molar refractivity (Wildman–Crippen MR) is 67.1 cm³/mol. The molecular weight excluding hydrogens is 249 g/mol. The van der Waals surface area contributed by atoms with Crippen molar-refractivity contribution in [2.45, 2.75) is 27.0 Å². The van der Waals surface area contributed by atoms with E-state index < -0.39 is 0 Å². The number of aryl methyl sites for hydroxylation is 1. The first-order chi connectivity index (χ1) is 9.20. The third kappa shape index (κ3) is 3.51. The Morgan fingerprint density at radius 1 is 1.37 bits per heavy atom. The summed E-state index contributed by atoms with van der Waals surface area (Å²) in [5, 5.41) is 10.6. The molecule has 0 aliphatic rings. The maximum atomic E-state index is 13.2. The number of benzene rings is 1. The fourth-order valence-electron chi connectivity index (χ4n) is 1.61. The monoisotopic (exact) mass is 265 g/mol. The highest BCUT2D eigenvalue weighted by Crippen LogP contribution is 2.21. The normalized spacial score (nSPS) is 10.7. The van der Waals surface area contributed by atoms with Gasteiger partial charge < -0.3 is 10.1 Å². The average molecular weight is 265 g/mol. The number of ether oxygens (including phenoxy) is 1. The van der Waals surface area contributed by atoms with Gasteiger partial charge in [-0.25, -0.2) is 9.02 Å². The van der Waals surface area contributed by atoms with E-state index in [-0.39, 0.29) is 12.4 Å². The molecule has 102 valence electrons. The molecule has 1 heterocycles. The Hall–Kier alpha value is -1.95. The maximum absolute atomic E-state index is 13.2. The van der Waals surface area contributed by atoms with E-state index in [1.807, 2.05) is 6.92 Å². The lowest BCUT2D eigenvalue weighted by molar-refractivity contribution is 0.268. The Kier molecular flexibility index (Phi) is 4.46. The van der Waals surface area contributed by atoms with Crippen LogP contribution in [0.25, 0.3) is 0 Å². The summed E-state index contributed by atoms with van der Waals surface area (Å²) in [5.74, 6) is 0.351. The second kappa shape index (κ2) is 6.29. The quantitative estimate of drug-likeness (QED) is 0.867. The van der Waals surface area contributed by atoms with Gasteiger partial charge in [-0.1, -0.05) is 17.2 Å². The molecule has 0 saturated carbocycles. The number of nitrogens with one attached hydrogen (secondary N) is 1. The van der Waals surface area contributed by atoms with Crippen LogP contribution in [0.15, 0.2) is 22.8 Å². The van der Waals surface area contributed by atoms with Gasteiger partial charge in [-0.05, 0) is 31.7 Å². The lowest BCUT2D eigenvalue weighted by Gasteiger charge is -2.11. The molecule has 1 aromatic heterocycles. The fourth-order valence-corrected chi connectivity index (χ4v) is 1.61. The summed E-state index contributed by atoms with van der Waals surface area (Å²) in [7, 11) is 0. The number of hydrogen-bond acceptors (Lipinski definition) is 5. The van der Waals surface area contributed by atoms with Gasteiger partial charge in [-0.3, -0.25) is 0 Å². The van der Waals surface area contributed by atoms with Crippen LogP contribution in [0, 0.1) is 12.7 Å². The highest BCUT2D eigenvalue weighted by atomic mass is 19.1. The largest absolute Gasteiger partial charge is 0.487 e. The molecule has 1 N–H and O–H groups in total. The van der Waals surface area contributed by atoms with E-state index in [2.05, 4.69) is 20.3 Å². The molecule has 1 aromatic carbocycles. The molecule has 0 aliphatic carbocycles. The zero-order valence-electron chi connectivity index (χ0n) is 10.9. The number of aromatic nitrogens is 2. The molecule has 19 heavy (non-hydrogen) atoms. The first kappa shape index (κ1) is 13.5. The molecule has 5 nitrogen and oxygen atoms in total. The summed E-state index contributed by atoms with van der Waals surface area (Å²) in [6.07, 6.45) is 0. The third-order valence-electron chi connectivity index (χ3n) is 2.70. The Labute approximate surface area is 110 Å². The van der Waals surface area contributed by atoms with Gasteiger partial charge in [0.25, 0.3) is 0 Å². The minimum Gasteiger partial charge on any atom is -0.487 e. The topological polar surface area (TPSA) is 60.2 Å². The van der Waals surface area contributed by atoms with Gasteiger partial charge in [0.1, 0.15) is 29.6 Å². The van der Waals surface area contributed by atoms with Gasteiger partial charge >= 0.3 is 0 Å². The third-order valence-corrected chi connectivity index (χ3v) is 2.70. The van der Waals surface area contributed by atoms with Crippen LogP contribution in [0.1, 0.15) is 23.9 Å². The van der Waals surface area contributed by atoms with Crippen LogP contribution in [-0.4, -0.2) is 16.9 Å². The van der Waals surface area contributed by atoms with E-state index >= 15 is 0 Å². The Morgan fingerprint density at radius 2 is 2.21 bits per heavy atom. The van der Waals surface area contributed by atoms with Crippen LogP contribution < -0.4 is 10.1 Å². The molecule has 6 heteroatoms. The van der Waals surface area contributed by atoms with E-state index in [0.717, 1.165) is 12.1 Å². The van der Waals surface area contributed by atoms with Gasteiger partial charge in [0.15, 0.2) is 0 Å². The van der Waals surface area contributed by atoms with Crippen LogP contribution >= 0.6 is 0 Å². The molecular formula is C13H16FN3O2. The molecule has 0 aliphatic heterocycles. The van der Waals surface area contributed by atoms with Crippen LogP contribution in [0.4, 0.5) is 4.39 Å². The highest BCUT2D eigenvalue weighted by molar-refractivity contribution is 5.34. The number of halogens is 1. The molecule has 0 unspecified atom stereocenters. The number of rotatable bonds is 6. The molecule has 0 atom stereocenters. The van der Waals surface area contributed by atoms with Gasteiger partial charge in [0.05, 0.1) is 0 Å². The summed E-state index contributed by atoms with van der Waals surface area (Å²) in [4.78, 5) is 0. The van der Waals surface area contributed by atoms with E-state index in [4.69, 9.17) is 4.74 Å². The van der Waals surface area contributed by atoms with Crippen molar-refractivity contribution >= 4 is 0 Å². The summed E-state index contributed by atoms with van der Waals surface area (Å²) in [5.41, 5.74) is 2.10. The molecule has 0 spiro atoms. The second-order valence-corrected chi connectivity index (χ2v) is 4.12. The Balaban J connectivity index is 2.08. The van der Waals surface area contributed by atoms with E-state index in [1.54, 1.807) is 13.0 Å². The molecule has 2 aromatic rings. The molecule has 0 saturated heterocycles.